The van der Waals surface area contributed by atoms with E-state index < -0.39 is 0 Å². The van der Waals surface area contributed by atoms with E-state index in [1.54, 1.807) is 24.3 Å². The second kappa shape index (κ2) is 9.72. The fourth-order valence-electron chi connectivity index (χ4n) is 2.88. The van der Waals surface area contributed by atoms with Crippen LogP contribution in [0.5, 0.6) is 0 Å². The zero-order chi connectivity index (χ0) is 19.8. The molecule has 3 aromatic carbocycles. The van der Waals surface area contributed by atoms with Gasteiger partial charge in [0, 0.05) is 23.6 Å². The summed E-state index contributed by atoms with van der Waals surface area (Å²) >= 11 is 5.83. The highest BCUT2D eigenvalue weighted by molar-refractivity contribution is 6.30. The molecule has 5 heteroatoms. The number of carbonyl (C=O) groups is 2. The smallest absolute Gasteiger partial charge is 0.251 e. The van der Waals surface area contributed by atoms with Gasteiger partial charge in [-0.2, -0.15) is 0 Å². The van der Waals surface area contributed by atoms with E-state index in [4.69, 9.17) is 11.6 Å². The van der Waals surface area contributed by atoms with Crippen molar-refractivity contribution < 1.29 is 9.59 Å². The summed E-state index contributed by atoms with van der Waals surface area (Å²) in [5.41, 5.74) is 2.52. The van der Waals surface area contributed by atoms with Crippen LogP contribution in [0.3, 0.4) is 0 Å². The molecule has 0 bridgehead atoms. The summed E-state index contributed by atoms with van der Waals surface area (Å²) < 4.78 is 0. The predicted octanol–water partition coefficient (Wildman–Crippen LogP) is 4.37. The quantitative estimate of drug-likeness (QED) is 0.627. The standard InChI is InChI=1S/C23H21ClN2O2/c24-20-13-11-19(12-14-20)23(28)25-16-15-21(27)26-22(17-7-3-1-4-8-17)18-9-5-2-6-10-18/h1-14,22H,15-16H2,(H,25,28)(H,26,27). The van der Waals surface area contributed by atoms with E-state index in [0.29, 0.717) is 10.6 Å². The zero-order valence-corrected chi connectivity index (χ0v) is 16.0. The first-order valence-corrected chi connectivity index (χ1v) is 9.44. The molecule has 0 radical (unpaired) electrons. The van der Waals surface area contributed by atoms with Gasteiger partial charge in [0.05, 0.1) is 6.04 Å². The van der Waals surface area contributed by atoms with Gasteiger partial charge in [0.15, 0.2) is 0 Å². The second-order valence-electron chi connectivity index (χ2n) is 6.33. The number of hydrogen-bond donors (Lipinski definition) is 2. The van der Waals surface area contributed by atoms with Crippen molar-refractivity contribution in [3.63, 3.8) is 0 Å². The minimum Gasteiger partial charge on any atom is -0.352 e. The number of amides is 2. The summed E-state index contributed by atoms with van der Waals surface area (Å²) in [4.78, 5) is 24.6. The largest absolute Gasteiger partial charge is 0.352 e. The fourth-order valence-corrected chi connectivity index (χ4v) is 3.00. The van der Waals surface area contributed by atoms with Crippen LogP contribution in [-0.4, -0.2) is 18.4 Å². The van der Waals surface area contributed by atoms with E-state index in [-0.39, 0.29) is 30.8 Å². The minimum atomic E-state index is -0.234. The lowest BCUT2D eigenvalue weighted by molar-refractivity contribution is -0.121. The Hall–Kier alpha value is -3.11. The molecule has 0 saturated heterocycles. The number of hydrogen-bond acceptors (Lipinski definition) is 2. The van der Waals surface area contributed by atoms with Gasteiger partial charge >= 0.3 is 0 Å². The van der Waals surface area contributed by atoms with E-state index in [1.807, 2.05) is 60.7 Å². The van der Waals surface area contributed by atoms with Crippen molar-refractivity contribution in [2.24, 2.45) is 0 Å². The Balaban J connectivity index is 1.58. The summed E-state index contributed by atoms with van der Waals surface area (Å²) in [5, 5.41) is 6.40. The van der Waals surface area contributed by atoms with Gasteiger partial charge in [0.1, 0.15) is 0 Å². The topological polar surface area (TPSA) is 58.2 Å². The summed E-state index contributed by atoms with van der Waals surface area (Å²) in [7, 11) is 0. The molecule has 0 aliphatic carbocycles. The minimum absolute atomic E-state index is 0.130. The number of carbonyl (C=O) groups excluding carboxylic acids is 2. The molecule has 0 spiro atoms. The lowest BCUT2D eigenvalue weighted by atomic mass is 9.98. The summed E-state index contributed by atoms with van der Waals surface area (Å²) in [6.07, 6.45) is 0.190. The lowest BCUT2D eigenvalue weighted by Gasteiger charge is -2.20. The molecule has 2 amide bonds. The van der Waals surface area contributed by atoms with Crippen LogP contribution in [-0.2, 0) is 4.79 Å². The highest BCUT2D eigenvalue weighted by atomic mass is 35.5. The maximum atomic E-state index is 12.5. The Bertz CT molecular complexity index is 873. The van der Waals surface area contributed by atoms with Crippen LogP contribution in [0.15, 0.2) is 84.9 Å². The Morgan fingerprint density at radius 1 is 0.786 bits per heavy atom. The van der Waals surface area contributed by atoms with Gasteiger partial charge in [-0.3, -0.25) is 9.59 Å². The molecule has 0 saturated carbocycles. The molecule has 0 fully saturated rings. The Morgan fingerprint density at radius 3 is 1.86 bits per heavy atom. The van der Waals surface area contributed by atoms with E-state index in [2.05, 4.69) is 10.6 Å². The van der Waals surface area contributed by atoms with Gasteiger partial charge < -0.3 is 10.6 Å². The van der Waals surface area contributed by atoms with Crippen molar-refractivity contribution >= 4 is 23.4 Å². The van der Waals surface area contributed by atoms with Crippen molar-refractivity contribution in [3.05, 3.63) is 107 Å². The Labute approximate surface area is 169 Å². The molecule has 4 nitrogen and oxygen atoms in total. The molecule has 28 heavy (non-hydrogen) atoms. The molecule has 3 aromatic rings. The average molecular weight is 393 g/mol. The summed E-state index contributed by atoms with van der Waals surface area (Å²) in [5.74, 6) is -0.360. The van der Waals surface area contributed by atoms with Crippen molar-refractivity contribution in [1.29, 1.82) is 0 Å². The summed E-state index contributed by atoms with van der Waals surface area (Å²) in [6.45, 7) is 0.254. The Kier molecular flexibility index (Phi) is 6.82. The van der Waals surface area contributed by atoms with E-state index in [0.717, 1.165) is 11.1 Å². The molecule has 142 valence electrons. The molecular formula is C23H21ClN2O2. The van der Waals surface area contributed by atoms with Crippen molar-refractivity contribution in [3.8, 4) is 0 Å². The zero-order valence-electron chi connectivity index (χ0n) is 15.3. The van der Waals surface area contributed by atoms with Crippen LogP contribution in [0.2, 0.25) is 5.02 Å². The second-order valence-corrected chi connectivity index (χ2v) is 6.77. The number of nitrogens with one attached hydrogen (secondary N) is 2. The normalized spacial score (nSPS) is 10.5. The van der Waals surface area contributed by atoms with Gasteiger partial charge in [0.25, 0.3) is 5.91 Å². The first kappa shape index (κ1) is 19.6. The predicted molar refractivity (Wildman–Crippen MR) is 111 cm³/mol. The van der Waals surface area contributed by atoms with Gasteiger partial charge in [-0.25, -0.2) is 0 Å². The number of benzene rings is 3. The molecule has 2 N–H and O–H groups in total. The molecule has 0 aromatic heterocycles. The van der Waals surface area contributed by atoms with Crippen LogP contribution in [0.25, 0.3) is 0 Å². The van der Waals surface area contributed by atoms with Crippen molar-refractivity contribution in [2.75, 3.05) is 6.54 Å². The molecule has 0 unspecified atom stereocenters. The first-order chi connectivity index (χ1) is 13.6. The van der Waals surface area contributed by atoms with Crippen molar-refractivity contribution in [2.45, 2.75) is 12.5 Å². The maximum Gasteiger partial charge on any atom is 0.251 e. The highest BCUT2D eigenvalue weighted by Crippen LogP contribution is 2.21. The van der Waals surface area contributed by atoms with E-state index >= 15 is 0 Å². The van der Waals surface area contributed by atoms with Crippen LogP contribution >= 0.6 is 11.6 Å². The molecule has 0 atom stereocenters. The SMILES string of the molecule is O=C(CCNC(=O)c1ccc(Cl)cc1)NC(c1ccccc1)c1ccccc1. The monoisotopic (exact) mass is 392 g/mol. The Morgan fingerprint density at radius 2 is 1.32 bits per heavy atom. The fraction of sp³-hybridized carbons (Fsp3) is 0.130. The van der Waals surface area contributed by atoms with Crippen molar-refractivity contribution in [1.82, 2.24) is 10.6 Å². The first-order valence-electron chi connectivity index (χ1n) is 9.06. The molecule has 3 rings (SSSR count). The summed E-state index contributed by atoms with van der Waals surface area (Å²) in [6, 6.07) is 26.0. The highest BCUT2D eigenvalue weighted by Gasteiger charge is 2.16. The third-order valence-corrected chi connectivity index (χ3v) is 4.57. The third-order valence-electron chi connectivity index (χ3n) is 4.32. The van der Waals surface area contributed by atoms with Crippen LogP contribution in [0.4, 0.5) is 0 Å². The molecule has 0 heterocycles. The maximum absolute atomic E-state index is 12.5. The lowest BCUT2D eigenvalue weighted by Crippen LogP contribution is -2.33. The van der Waals surface area contributed by atoms with Crippen LogP contribution in [0.1, 0.15) is 33.9 Å². The molecule has 0 aliphatic heterocycles. The van der Waals surface area contributed by atoms with Gasteiger partial charge in [-0.15, -0.1) is 0 Å². The van der Waals surface area contributed by atoms with Gasteiger partial charge in [-0.05, 0) is 35.4 Å². The van der Waals surface area contributed by atoms with Gasteiger partial charge in [0.2, 0.25) is 5.91 Å². The average Bonchev–Trinajstić information content (AvgIpc) is 2.73. The van der Waals surface area contributed by atoms with Crippen LogP contribution < -0.4 is 10.6 Å². The van der Waals surface area contributed by atoms with Gasteiger partial charge in [-0.1, -0.05) is 72.3 Å². The van der Waals surface area contributed by atoms with E-state index in [9.17, 15) is 9.59 Å². The molecular weight excluding hydrogens is 372 g/mol. The molecule has 0 aliphatic rings. The van der Waals surface area contributed by atoms with E-state index in [1.165, 1.54) is 0 Å². The number of rotatable bonds is 7. The third kappa shape index (κ3) is 5.44. The van der Waals surface area contributed by atoms with Crippen LogP contribution in [0, 0.1) is 0 Å². The number of halogens is 1.